The molecule has 0 aliphatic carbocycles. The van der Waals surface area contributed by atoms with Gasteiger partial charge in [0.1, 0.15) is 17.6 Å². The summed E-state index contributed by atoms with van der Waals surface area (Å²) >= 11 is 0. The number of hydrogen-bond acceptors (Lipinski definition) is 7. The summed E-state index contributed by atoms with van der Waals surface area (Å²) in [6.07, 6.45) is 0. The molecule has 1 amide bonds. The molecular formula is C27H22N2O6. The number of hydrogen-bond donors (Lipinski definition) is 1. The van der Waals surface area contributed by atoms with E-state index in [0.717, 1.165) is 10.8 Å². The zero-order chi connectivity index (χ0) is 24.7. The molecule has 1 aliphatic heterocycles. The molecule has 5 rings (SSSR count). The maximum absolute atomic E-state index is 13.4. The van der Waals surface area contributed by atoms with E-state index in [1.54, 1.807) is 43.3 Å². The van der Waals surface area contributed by atoms with Crippen LogP contribution in [0.4, 0.5) is 5.82 Å². The van der Waals surface area contributed by atoms with Gasteiger partial charge in [-0.05, 0) is 29.8 Å². The molecule has 1 saturated heterocycles. The number of aromatic nitrogens is 1. The smallest absolute Gasteiger partial charge is 0.301 e. The largest absolute Gasteiger partial charge is 0.507 e. The number of fused-ring (bicyclic) bond motifs is 1. The Balaban J connectivity index is 1.78. The van der Waals surface area contributed by atoms with Crippen LogP contribution in [0.5, 0.6) is 11.5 Å². The van der Waals surface area contributed by atoms with Crippen molar-refractivity contribution in [2.24, 2.45) is 0 Å². The van der Waals surface area contributed by atoms with Crippen LogP contribution in [-0.4, -0.2) is 36.2 Å². The second-order valence-electron chi connectivity index (χ2n) is 8.11. The first-order chi connectivity index (χ1) is 16.9. The van der Waals surface area contributed by atoms with Crippen LogP contribution in [0.3, 0.4) is 0 Å². The number of rotatable bonds is 5. The fourth-order valence-corrected chi connectivity index (χ4v) is 4.45. The van der Waals surface area contributed by atoms with Crippen LogP contribution < -0.4 is 14.4 Å². The van der Waals surface area contributed by atoms with Crippen molar-refractivity contribution >= 4 is 34.0 Å². The van der Waals surface area contributed by atoms with Crippen molar-refractivity contribution in [2.75, 3.05) is 19.1 Å². The zero-order valence-corrected chi connectivity index (χ0v) is 19.3. The SMILES string of the molecule is COc1cccc(C2/C(=C(\O)c3ccc4ccccc4c3)C(=O)C(=O)N2c2cc(C)on2)c1OC. The molecule has 2 heterocycles. The highest BCUT2D eigenvalue weighted by atomic mass is 16.5. The van der Waals surface area contributed by atoms with Crippen LogP contribution in [0.2, 0.25) is 0 Å². The topological polar surface area (TPSA) is 102 Å². The lowest BCUT2D eigenvalue weighted by Crippen LogP contribution is -2.30. The van der Waals surface area contributed by atoms with Crippen LogP contribution in [0.1, 0.15) is 22.9 Å². The Hall–Kier alpha value is -4.59. The lowest BCUT2D eigenvalue weighted by molar-refractivity contribution is -0.132. The van der Waals surface area contributed by atoms with Gasteiger partial charge in [-0.1, -0.05) is 53.7 Å². The molecule has 1 N–H and O–H groups in total. The van der Waals surface area contributed by atoms with Gasteiger partial charge in [0.25, 0.3) is 5.78 Å². The number of para-hydroxylation sites is 1. The maximum Gasteiger partial charge on any atom is 0.301 e. The number of amides is 1. The van der Waals surface area contributed by atoms with Gasteiger partial charge in [0.05, 0.1) is 19.8 Å². The first kappa shape index (κ1) is 22.2. The molecular weight excluding hydrogens is 448 g/mol. The predicted octanol–water partition coefficient (Wildman–Crippen LogP) is 4.78. The number of aliphatic hydroxyl groups is 1. The molecule has 8 heteroatoms. The van der Waals surface area contributed by atoms with Gasteiger partial charge in [-0.25, -0.2) is 0 Å². The highest BCUT2D eigenvalue weighted by Crippen LogP contribution is 2.47. The molecule has 4 aromatic rings. The first-order valence-corrected chi connectivity index (χ1v) is 10.9. The van der Waals surface area contributed by atoms with Crippen molar-refractivity contribution in [3.05, 3.63) is 89.2 Å². The first-order valence-electron chi connectivity index (χ1n) is 10.9. The quantitative estimate of drug-likeness (QED) is 0.254. The number of aliphatic hydroxyl groups excluding tert-OH is 1. The second-order valence-corrected chi connectivity index (χ2v) is 8.11. The van der Waals surface area contributed by atoms with Gasteiger partial charge in [-0.15, -0.1) is 0 Å². The molecule has 35 heavy (non-hydrogen) atoms. The normalized spacial score (nSPS) is 17.2. The summed E-state index contributed by atoms with van der Waals surface area (Å²) in [4.78, 5) is 27.9. The van der Waals surface area contributed by atoms with E-state index in [1.807, 2.05) is 30.3 Å². The fraction of sp³-hybridized carbons (Fsp3) is 0.148. The number of nitrogens with zero attached hydrogens (tertiary/aromatic N) is 2. The van der Waals surface area contributed by atoms with Crippen molar-refractivity contribution in [2.45, 2.75) is 13.0 Å². The zero-order valence-electron chi connectivity index (χ0n) is 19.3. The Morgan fingerprint density at radius 1 is 0.971 bits per heavy atom. The Morgan fingerprint density at radius 3 is 2.43 bits per heavy atom. The molecule has 1 aromatic heterocycles. The summed E-state index contributed by atoms with van der Waals surface area (Å²) in [7, 11) is 2.96. The Bertz CT molecular complexity index is 1500. The molecule has 3 aromatic carbocycles. The fourth-order valence-electron chi connectivity index (χ4n) is 4.45. The van der Waals surface area contributed by atoms with E-state index < -0.39 is 17.7 Å². The summed E-state index contributed by atoms with van der Waals surface area (Å²) in [5.74, 6) is -0.618. The van der Waals surface area contributed by atoms with Crippen molar-refractivity contribution in [3.63, 3.8) is 0 Å². The minimum Gasteiger partial charge on any atom is -0.507 e. The third-order valence-corrected chi connectivity index (χ3v) is 6.06. The Kier molecular flexibility index (Phi) is 5.49. The van der Waals surface area contributed by atoms with Gasteiger partial charge in [-0.2, -0.15) is 0 Å². The summed E-state index contributed by atoms with van der Waals surface area (Å²) < 4.78 is 16.2. The molecule has 0 radical (unpaired) electrons. The summed E-state index contributed by atoms with van der Waals surface area (Å²) in [5.41, 5.74) is 0.774. The monoisotopic (exact) mass is 470 g/mol. The van der Waals surface area contributed by atoms with Crippen LogP contribution >= 0.6 is 0 Å². The van der Waals surface area contributed by atoms with E-state index >= 15 is 0 Å². The average molecular weight is 470 g/mol. The number of anilines is 1. The van der Waals surface area contributed by atoms with E-state index in [-0.39, 0.29) is 17.2 Å². The van der Waals surface area contributed by atoms with Gasteiger partial charge in [-0.3, -0.25) is 14.5 Å². The lowest BCUT2D eigenvalue weighted by atomic mass is 9.93. The van der Waals surface area contributed by atoms with Crippen molar-refractivity contribution in [1.82, 2.24) is 5.16 Å². The minimum atomic E-state index is -1.03. The minimum absolute atomic E-state index is 0.0857. The number of carbonyl (C=O) groups excluding carboxylic acids is 2. The molecule has 8 nitrogen and oxygen atoms in total. The van der Waals surface area contributed by atoms with Crippen LogP contribution in [0.15, 0.2) is 76.8 Å². The number of ether oxygens (including phenoxy) is 2. The van der Waals surface area contributed by atoms with Gasteiger partial charge in [0.15, 0.2) is 17.3 Å². The van der Waals surface area contributed by atoms with Crippen LogP contribution in [-0.2, 0) is 9.59 Å². The maximum atomic E-state index is 13.4. The van der Waals surface area contributed by atoms with E-state index in [0.29, 0.717) is 28.4 Å². The lowest BCUT2D eigenvalue weighted by Gasteiger charge is -2.25. The number of aryl methyl sites for hydroxylation is 1. The molecule has 1 aliphatic rings. The van der Waals surface area contributed by atoms with Crippen molar-refractivity contribution in [3.8, 4) is 11.5 Å². The van der Waals surface area contributed by atoms with Gasteiger partial charge in [0, 0.05) is 17.2 Å². The molecule has 0 saturated carbocycles. The Labute approximate surface area is 201 Å². The summed E-state index contributed by atoms with van der Waals surface area (Å²) in [6, 6.07) is 18.7. The molecule has 0 bridgehead atoms. The molecule has 176 valence electrons. The molecule has 1 unspecified atom stereocenters. The van der Waals surface area contributed by atoms with E-state index in [1.165, 1.54) is 19.1 Å². The van der Waals surface area contributed by atoms with Crippen LogP contribution in [0.25, 0.3) is 16.5 Å². The van der Waals surface area contributed by atoms with Gasteiger partial charge < -0.3 is 19.1 Å². The van der Waals surface area contributed by atoms with Crippen LogP contribution in [0, 0.1) is 6.92 Å². The predicted molar refractivity (Wildman–Crippen MR) is 130 cm³/mol. The summed E-state index contributed by atoms with van der Waals surface area (Å²) in [6.45, 7) is 1.68. The van der Waals surface area contributed by atoms with E-state index in [2.05, 4.69) is 5.16 Å². The number of Topliss-reactive ketones (excluding diaryl/α,β-unsaturated/α-hetero) is 1. The number of ketones is 1. The van der Waals surface area contributed by atoms with Crippen molar-refractivity contribution in [1.29, 1.82) is 0 Å². The molecule has 1 fully saturated rings. The standard InChI is InChI=1S/C27H22N2O6/c1-15-13-21(28-35-15)29-23(19-9-6-10-20(33-2)26(19)34-3)22(25(31)27(29)32)24(30)18-12-11-16-7-4-5-8-17(16)14-18/h4-14,23,30H,1-3H3/b24-22+. The highest BCUT2D eigenvalue weighted by Gasteiger charge is 2.49. The number of benzene rings is 3. The van der Waals surface area contributed by atoms with E-state index in [9.17, 15) is 14.7 Å². The third-order valence-electron chi connectivity index (χ3n) is 6.06. The summed E-state index contributed by atoms with van der Waals surface area (Å²) in [5, 5.41) is 17.3. The van der Waals surface area contributed by atoms with Gasteiger partial charge in [0.2, 0.25) is 0 Å². The average Bonchev–Trinajstić information content (AvgIpc) is 3.42. The molecule has 1 atom stereocenters. The number of methoxy groups -OCH3 is 2. The second kappa shape index (κ2) is 8.64. The van der Waals surface area contributed by atoms with E-state index in [4.69, 9.17) is 14.0 Å². The Morgan fingerprint density at radius 2 is 1.74 bits per heavy atom. The number of carbonyl (C=O) groups is 2. The molecule has 0 spiro atoms. The van der Waals surface area contributed by atoms with Gasteiger partial charge >= 0.3 is 5.91 Å². The van der Waals surface area contributed by atoms with Crippen molar-refractivity contribution < 1.29 is 28.7 Å². The highest BCUT2D eigenvalue weighted by molar-refractivity contribution is 6.51. The third kappa shape index (κ3) is 3.59.